The molecule has 1 heterocycles. The number of ether oxygens (including phenoxy) is 1. The smallest absolute Gasteiger partial charge is 0.295 e. The Bertz CT molecular complexity index is 420. The van der Waals surface area contributed by atoms with E-state index in [1.807, 2.05) is 0 Å². The van der Waals surface area contributed by atoms with Gasteiger partial charge in [-0.15, -0.1) is 0 Å². The molecule has 3 N–H and O–H groups in total. The van der Waals surface area contributed by atoms with Gasteiger partial charge in [0.2, 0.25) is 5.75 Å². The second kappa shape index (κ2) is 4.13. The SMILES string of the molecule is COc1c(NC2(CO)CCC2)nc[nH]c1=O. The number of aliphatic hydroxyl groups is 1. The van der Waals surface area contributed by atoms with E-state index in [2.05, 4.69) is 15.3 Å². The Balaban J connectivity index is 2.27. The summed E-state index contributed by atoms with van der Waals surface area (Å²) in [4.78, 5) is 17.9. The number of nitrogens with zero attached hydrogens (tertiary/aromatic N) is 1. The van der Waals surface area contributed by atoms with E-state index in [1.54, 1.807) is 0 Å². The molecular weight excluding hydrogens is 210 g/mol. The van der Waals surface area contributed by atoms with Crippen molar-refractivity contribution in [2.45, 2.75) is 24.8 Å². The lowest BCUT2D eigenvalue weighted by Crippen LogP contribution is -2.48. The average Bonchev–Trinajstić information content (AvgIpc) is 2.23. The van der Waals surface area contributed by atoms with Gasteiger partial charge in [-0.2, -0.15) is 0 Å². The third-order valence-corrected chi connectivity index (χ3v) is 3.01. The van der Waals surface area contributed by atoms with E-state index in [0.717, 1.165) is 19.3 Å². The van der Waals surface area contributed by atoms with E-state index < -0.39 is 0 Å². The summed E-state index contributed by atoms with van der Waals surface area (Å²) in [6.45, 7) is 0.0324. The van der Waals surface area contributed by atoms with Gasteiger partial charge in [-0.25, -0.2) is 4.98 Å². The first-order valence-electron chi connectivity index (χ1n) is 5.21. The van der Waals surface area contributed by atoms with E-state index in [9.17, 15) is 9.90 Å². The second-order valence-corrected chi connectivity index (χ2v) is 4.03. The molecular formula is C10H15N3O3. The maximum absolute atomic E-state index is 11.4. The van der Waals surface area contributed by atoms with Crippen molar-refractivity contribution in [2.24, 2.45) is 0 Å². The molecule has 1 aromatic heterocycles. The minimum atomic E-state index is -0.339. The fraction of sp³-hybridized carbons (Fsp3) is 0.600. The van der Waals surface area contributed by atoms with Crippen LogP contribution in [0.5, 0.6) is 5.75 Å². The predicted molar refractivity (Wildman–Crippen MR) is 58.7 cm³/mol. The molecule has 1 aromatic rings. The van der Waals surface area contributed by atoms with Crippen LogP contribution in [0, 0.1) is 0 Å². The minimum absolute atomic E-state index is 0.0324. The van der Waals surface area contributed by atoms with Crippen molar-refractivity contribution >= 4 is 5.82 Å². The van der Waals surface area contributed by atoms with Crippen LogP contribution in [0.25, 0.3) is 0 Å². The first-order valence-corrected chi connectivity index (χ1v) is 5.21. The number of H-pyrrole nitrogens is 1. The van der Waals surface area contributed by atoms with Crippen molar-refractivity contribution in [2.75, 3.05) is 19.0 Å². The highest BCUT2D eigenvalue weighted by molar-refractivity contribution is 5.50. The Morgan fingerprint density at radius 1 is 1.69 bits per heavy atom. The maximum atomic E-state index is 11.4. The van der Waals surface area contributed by atoms with Crippen LogP contribution >= 0.6 is 0 Å². The highest BCUT2D eigenvalue weighted by Gasteiger charge is 2.37. The summed E-state index contributed by atoms with van der Waals surface area (Å²) in [7, 11) is 1.42. The summed E-state index contributed by atoms with van der Waals surface area (Å²) < 4.78 is 4.98. The van der Waals surface area contributed by atoms with Crippen molar-refractivity contribution < 1.29 is 9.84 Å². The predicted octanol–water partition coefficient (Wildman–Crippen LogP) is 0.105. The third kappa shape index (κ3) is 1.76. The van der Waals surface area contributed by atoms with Crippen LogP contribution in [0.3, 0.4) is 0 Å². The van der Waals surface area contributed by atoms with E-state index in [-0.39, 0.29) is 23.5 Å². The van der Waals surface area contributed by atoms with Gasteiger partial charge in [0, 0.05) is 0 Å². The normalized spacial score (nSPS) is 17.6. The van der Waals surface area contributed by atoms with Crippen LogP contribution < -0.4 is 15.6 Å². The number of hydrogen-bond donors (Lipinski definition) is 3. The number of hydrogen-bond acceptors (Lipinski definition) is 5. The number of nitrogens with one attached hydrogen (secondary N) is 2. The largest absolute Gasteiger partial charge is 0.489 e. The van der Waals surface area contributed by atoms with Gasteiger partial charge in [-0.05, 0) is 19.3 Å². The second-order valence-electron chi connectivity index (χ2n) is 4.03. The zero-order chi connectivity index (χ0) is 11.6. The van der Waals surface area contributed by atoms with Crippen LogP contribution in [0.2, 0.25) is 0 Å². The number of methoxy groups -OCH3 is 1. The number of anilines is 1. The Morgan fingerprint density at radius 3 is 2.94 bits per heavy atom. The lowest BCUT2D eigenvalue weighted by atomic mass is 9.77. The molecule has 6 nitrogen and oxygen atoms in total. The molecule has 0 radical (unpaired) electrons. The number of aromatic amines is 1. The zero-order valence-electron chi connectivity index (χ0n) is 9.12. The summed E-state index contributed by atoms with van der Waals surface area (Å²) in [5.41, 5.74) is -0.666. The summed E-state index contributed by atoms with van der Waals surface area (Å²) in [5, 5.41) is 12.4. The third-order valence-electron chi connectivity index (χ3n) is 3.01. The van der Waals surface area contributed by atoms with E-state index >= 15 is 0 Å². The maximum Gasteiger partial charge on any atom is 0.295 e. The molecule has 0 unspecified atom stereocenters. The molecule has 1 aliphatic rings. The Labute approximate surface area is 92.7 Å². The molecule has 1 fully saturated rings. The molecule has 0 aromatic carbocycles. The van der Waals surface area contributed by atoms with Gasteiger partial charge < -0.3 is 20.1 Å². The molecule has 6 heteroatoms. The molecule has 2 rings (SSSR count). The molecule has 0 bridgehead atoms. The Kier molecular flexibility index (Phi) is 2.82. The summed E-state index contributed by atoms with van der Waals surface area (Å²) >= 11 is 0. The van der Waals surface area contributed by atoms with Crippen LogP contribution in [-0.2, 0) is 0 Å². The lowest BCUT2D eigenvalue weighted by molar-refractivity contribution is 0.143. The van der Waals surface area contributed by atoms with Gasteiger partial charge in [0.05, 0.1) is 25.6 Å². The van der Waals surface area contributed by atoms with Crippen molar-refractivity contribution in [1.29, 1.82) is 0 Å². The summed E-state index contributed by atoms with van der Waals surface area (Å²) in [5.74, 6) is 0.544. The molecule has 88 valence electrons. The van der Waals surface area contributed by atoms with Crippen LogP contribution in [-0.4, -0.2) is 34.3 Å². The van der Waals surface area contributed by atoms with Gasteiger partial charge in [-0.1, -0.05) is 0 Å². The number of rotatable bonds is 4. The minimum Gasteiger partial charge on any atom is -0.489 e. The fourth-order valence-corrected chi connectivity index (χ4v) is 1.84. The van der Waals surface area contributed by atoms with Crippen molar-refractivity contribution in [3.63, 3.8) is 0 Å². The number of aliphatic hydroxyl groups excluding tert-OH is 1. The number of aromatic nitrogens is 2. The van der Waals surface area contributed by atoms with E-state index in [4.69, 9.17) is 4.74 Å². The summed E-state index contributed by atoms with van der Waals surface area (Å²) in [6.07, 6.45) is 4.14. The van der Waals surface area contributed by atoms with Crippen LogP contribution in [0.4, 0.5) is 5.82 Å². The molecule has 16 heavy (non-hydrogen) atoms. The first-order chi connectivity index (χ1) is 7.71. The average molecular weight is 225 g/mol. The van der Waals surface area contributed by atoms with Crippen molar-refractivity contribution in [3.8, 4) is 5.75 Å². The van der Waals surface area contributed by atoms with Gasteiger partial charge in [-0.3, -0.25) is 4.79 Å². The Hall–Kier alpha value is -1.56. The molecule has 0 aliphatic heterocycles. The highest BCUT2D eigenvalue weighted by atomic mass is 16.5. The van der Waals surface area contributed by atoms with Gasteiger partial charge in [0.25, 0.3) is 5.56 Å². The molecule has 0 atom stereocenters. The zero-order valence-corrected chi connectivity index (χ0v) is 9.12. The van der Waals surface area contributed by atoms with Gasteiger partial charge >= 0.3 is 0 Å². The summed E-state index contributed by atoms with van der Waals surface area (Å²) in [6, 6.07) is 0. The standard InChI is InChI=1S/C10H15N3O3/c1-16-7-8(11-6-12-9(7)15)13-10(5-14)3-2-4-10/h6,14H,2-5H2,1H3,(H2,11,12,13,15). The first kappa shape index (κ1) is 10.9. The Morgan fingerprint density at radius 2 is 2.44 bits per heavy atom. The van der Waals surface area contributed by atoms with Gasteiger partial charge in [0.15, 0.2) is 5.82 Å². The van der Waals surface area contributed by atoms with Crippen LogP contribution in [0.15, 0.2) is 11.1 Å². The monoisotopic (exact) mass is 225 g/mol. The lowest BCUT2D eigenvalue weighted by Gasteiger charge is -2.41. The van der Waals surface area contributed by atoms with Gasteiger partial charge in [0.1, 0.15) is 0 Å². The molecule has 0 spiro atoms. The molecule has 1 aliphatic carbocycles. The molecule has 0 amide bonds. The fourth-order valence-electron chi connectivity index (χ4n) is 1.84. The van der Waals surface area contributed by atoms with Crippen molar-refractivity contribution in [3.05, 3.63) is 16.7 Å². The van der Waals surface area contributed by atoms with E-state index in [0.29, 0.717) is 5.82 Å². The van der Waals surface area contributed by atoms with Crippen molar-refractivity contribution in [1.82, 2.24) is 9.97 Å². The molecule has 1 saturated carbocycles. The topological polar surface area (TPSA) is 87.2 Å². The quantitative estimate of drug-likeness (QED) is 0.676. The van der Waals surface area contributed by atoms with E-state index in [1.165, 1.54) is 13.4 Å². The molecule has 0 saturated heterocycles. The van der Waals surface area contributed by atoms with Crippen LogP contribution in [0.1, 0.15) is 19.3 Å². The highest BCUT2D eigenvalue weighted by Crippen LogP contribution is 2.35.